The van der Waals surface area contributed by atoms with Crippen LogP contribution in [0.5, 0.6) is 0 Å². The molecule has 1 rings (SSSR count). The third-order valence-electron chi connectivity index (χ3n) is 2.75. The van der Waals surface area contributed by atoms with Gasteiger partial charge in [-0.15, -0.1) is 0 Å². The Morgan fingerprint density at radius 3 is 2.69 bits per heavy atom. The fourth-order valence-electron chi connectivity index (χ4n) is 1.54. The highest BCUT2D eigenvalue weighted by Crippen LogP contribution is 2.28. The summed E-state index contributed by atoms with van der Waals surface area (Å²) >= 11 is 3.56. The first-order chi connectivity index (χ1) is 7.60. The fraction of sp³-hybridized carbons (Fsp3) is 0.500. The summed E-state index contributed by atoms with van der Waals surface area (Å²) in [4.78, 5) is 2.03. The summed E-state index contributed by atoms with van der Waals surface area (Å²) < 4.78 is 1.06. The van der Waals surface area contributed by atoms with Crippen molar-refractivity contribution in [3.63, 3.8) is 0 Å². The number of likely N-dealkylation sites (N-methyl/N-ethyl adjacent to an activating group) is 1. The number of aliphatic hydroxyl groups is 1. The summed E-state index contributed by atoms with van der Waals surface area (Å²) in [6, 6.07) is 6.64. The molecule has 3 nitrogen and oxygen atoms in total. The topological polar surface area (TPSA) is 35.5 Å². The smallest absolute Gasteiger partial charge is 0.0606 e. The number of aliphatic hydroxyl groups excluding tert-OH is 1. The van der Waals surface area contributed by atoms with Gasteiger partial charge in [0.15, 0.2) is 0 Å². The van der Waals surface area contributed by atoms with Gasteiger partial charge in [0.05, 0.1) is 12.3 Å². The van der Waals surface area contributed by atoms with Crippen molar-refractivity contribution in [1.82, 2.24) is 5.32 Å². The van der Waals surface area contributed by atoms with Gasteiger partial charge in [-0.05, 0) is 47.6 Å². The van der Waals surface area contributed by atoms with Crippen LogP contribution in [-0.2, 0) is 0 Å². The van der Waals surface area contributed by atoms with E-state index in [1.807, 2.05) is 19.0 Å². The molecule has 0 radical (unpaired) electrons. The first-order valence-electron chi connectivity index (χ1n) is 5.38. The summed E-state index contributed by atoms with van der Waals surface area (Å²) in [5.74, 6) is 0. The van der Waals surface area contributed by atoms with Gasteiger partial charge in [0, 0.05) is 24.1 Å². The lowest BCUT2D eigenvalue weighted by molar-refractivity contribution is 0.304. The van der Waals surface area contributed by atoms with Gasteiger partial charge in [-0.25, -0.2) is 0 Å². The Bertz CT molecular complexity index is 344. The summed E-state index contributed by atoms with van der Waals surface area (Å²) in [5.41, 5.74) is 2.34. The largest absolute Gasteiger partial charge is 0.395 e. The van der Waals surface area contributed by atoms with Crippen LogP contribution in [0.1, 0.15) is 18.5 Å². The molecule has 0 saturated heterocycles. The van der Waals surface area contributed by atoms with Gasteiger partial charge < -0.3 is 15.3 Å². The van der Waals surface area contributed by atoms with Crippen LogP contribution >= 0.6 is 15.9 Å². The molecular formula is C12H19BrN2O. The van der Waals surface area contributed by atoms with Gasteiger partial charge in [-0.1, -0.05) is 6.07 Å². The van der Waals surface area contributed by atoms with Crippen LogP contribution in [0.2, 0.25) is 0 Å². The highest BCUT2D eigenvalue weighted by Gasteiger charge is 2.08. The van der Waals surface area contributed by atoms with Crippen LogP contribution in [0, 0.1) is 0 Å². The van der Waals surface area contributed by atoms with E-state index in [0.717, 1.165) is 10.2 Å². The van der Waals surface area contributed by atoms with E-state index in [0.29, 0.717) is 12.6 Å². The van der Waals surface area contributed by atoms with Crippen molar-refractivity contribution in [1.29, 1.82) is 0 Å². The van der Waals surface area contributed by atoms with Crippen molar-refractivity contribution in [2.75, 3.05) is 32.1 Å². The van der Waals surface area contributed by atoms with Gasteiger partial charge in [-0.3, -0.25) is 0 Å². The molecule has 90 valence electrons. The Balaban J connectivity index is 2.91. The monoisotopic (exact) mass is 286 g/mol. The van der Waals surface area contributed by atoms with E-state index < -0.39 is 0 Å². The maximum absolute atomic E-state index is 8.90. The van der Waals surface area contributed by atoms with Crippen LogP contribution in [0.25, 0.3) is 0 Å². The Kier molecular flexibility index (Phi) is 5.25. The van der Waals surface area contributed by atoms with E-state index in [9.17, 15) is 0 Å². The van der Waals surface area contributed by atoms with Gasteiger partial charge in [0.2, 0.25) is 0 Å². The maximum atomic E-state index is 8.90. The van der Waals surface area contributed by atoms with Crippen molar-refractivity contribution in [3.8, 4) is 0 Å². The zero-order valence-corrected chi connectivity index (χ0v) is 11.6. The summed E-state index contributed by atoms with van der Waals surface area (Å²) in [5, 5.41) is 12.1. The molecule has 1 atom stereocenters. The van der Waals surface area contributed by atoms with Gasteiger partial charge >= 0.3 is 0 Å². The van der Waals surface area contributed by atoms with E-state index in [4.69, 9.17) is 5.11 Å². The molecular weight excluding hydrogens is 268 g/mol. The van der Waals surface area contributed by atoms with Crippen molar-refractivity contribution in [2.24, 2.45) is 0 Å². The first kappa shape index (κ1) is 13.5. The molecule has 16 heavy (non-hydrogen) atoms. The quantitative estimate of drug-likeness (QED) is 0.871. The second-order valence-electron chi connectivity index (χ2n) is 3.87. The van der Waals surface area contributed by atoms with Crippen LogP contribution in [0.3, 0.4) is 0 Å². The number of hydrogen-bond donors (Lipinski definition) is 2. The maximum Gasteiger partial charge on any atom is 0.0606 e. The number of nitrogens with one attached hydrogen (secondary N) is 1. The fourth-order valence-corrected chi connectivity index (χ4v) is 2.24. The van der Waals surface area contributed by atoms with E-state index in [2.05, 4.69) is 46.4 Å². The van der Waals surface area contributed by atoms with E-state index >= 15 is 0 Å². The van der Waals surface area contributed by atoms with Gasteiger partial charge in [-0.2, -0.15) is 0 Å². The minimum atomic E-state index is 0.164. The Morgan fingerprint density at radius 1 is 1.50 bits per heavy atom. The second-order valence-corrected chi connectivity index (χ2v) is 4.72. The summed E-state index contributed by atoms with van der Waals surface area (Å²) in [7, 11) is 3.92. The van der Waals surface area contributed by atoms with E-state index in [1.165, 1.54) is 5.56 Å². The molecule has 1 aromatic rings. The molecule has 0 saturated carbocycles. The predicted molar refractivity (Wildman–Crippen MR) is 72.0 cm³/mol. The molecule has 0 amide bonds. The number of halogens is 1. The Morgan fingerprint density at radius 2 is 2.19 bits per heavy atom. The van der Waals surface area contributed by atoms with Crippen LogP contribution in [0.4, 0.5) is 5.69 Å². The minimum Gasteiger partial charge on any atom is -0.395 e. The number of hydrogen-bond acceptors (Lipinski definition) is 3. The number of benzene rings is 1. The molecule has 1 unspecified atom stereocenters. The lowest BCUT2D eigenvalue weighted by Crippen LogP contribution is -2.21. The molecule has 1 aromatic carbocycles. The van der Waals surface area contributed by atoms with Crippen LogP contribution in [-0.4, -0.2) is 32.4 Å². The Hall–Kier alpha value is -0.580. The molecule has 0 spiro atoms. The van der Waals surface area contributed by atoms with Crippen molar-refractivity contribution < 1.29 is 5.11 Å². The first-order valence-corrected chi connectivity index (χ1v) is 6.18. The molecule has 0 aliphatic carbocycles. The minimum absolute atomic E-state index is 0.164. The zero-order valence-electron chi connectivity index (χ0n) is 10.00. The zero-order chi connectivity index (χ0) is 12.1. The second kappa shape index (κ2) is 6.23. The number of nitrogens with zero attached hydrogens (tertiary/aromatic N) is 1. The number of rotatable bonds is 5. The third kappa shape index (κ3) is 3.20. The highest BCUT2D eigenvalue weighted by molar-refractivity contribution is 9.10. The molecule has 4 heteroatoms. The van der Waals surface area contributed by atoms with Crippen molar-refractivity contribution in [2.45, 2.75) is 13.0 Å². The molecule has 0 aliphatic heterocycles. The Labute approximate surface area is 106 Å². The van der Waals surface area contributed by atoms with Crippen molar-refractivity contribution >= 4 is 21.6 Å². The molecule has 0 bridgehead atoms. The molecule has 2 N–H and O–H groups in total. The molecule has 0 fully saturated rings. The standard InChI is InChI=1S/C12H19BrN2O/c1-9(14-2)10-4-5-12(11(13)8-10)15(3)6-7-16/h4-5,8-9,14,16H,6-7H2,1-3H3. The van der Waals surface area contributed by atoms with Crippen LogP contribution < -0.4 is 10.2 Å². The highest BCUT2D eigenvalue weighted by atomic mass is 79.9. The predicted octanol–water partition coefficient (Wildman–Crippen LogP) is 2.16. The van der Waals surface area contributed by atoms with Crippen LogP contribution in [0.15, 0.2) is 22.7 Å². The normalized spacial score (nSPS) is 12.6. The lowest BCUT2D eigenvalue weighted by Gasteiger charge is -2.21. The average molecular weight is 287 g/mol. The van der Waals surface area contributed by atoms with E-state index in [1.54, 1.807) is 0 Å². The van der Waals surface area contributed by atoms with Crippen molar-refractivity contribution in [3.05, 3.63) is 28.2 Å². The SMILES string of the molecule is CNC(C)c1ccc(N(C)CCO)c(Br)c1. The molecule has 0 heterocycles. The summed E-state index contributed by atoms with van der Waals surface area (Å²) in [6.45, 7) is 2.93. The molecule has 0 aromatic heterocycles. The van der Waals surface area contributed by atoms with Gasteiger partial charge in [0.1, 0.15) is 0 Å². The van der Waals surface area contributed by atoms with Gasteiger partial charge in [0.25, 0.3) is 0 Å². The third-order valence-corrected chi connectivity index (χ3v) is 3.39. The molecule has 0 aliphatic rings. The number of anilines is 1. The average Bonchev–Trinajstić information content (AvgIpc) is 2.28. The van der Waals surface area contributed by atoms with E-state index in [-0.39, 0.29) is 6.61 Å². The lowest BCUT2D eigenvalue weighted by atomic mass is 10.1. The summed E-state index contributed by atoms with van der Waals surface area (Å²) in [6.07, 6.45) is 0.